The summed E-state index contributed by atoms with van der Waals surface area (Å²) in [6, 6.07) is 4.25. The van der Waals surface area contributed by atoms with Gasteiger partial charge in [0.2, 0.25) is 5.91 Å². The van der Waals surface area contributed by atoms with Crippen LogP contribution in [0.25, 0.3) is 21.3 Å². The number of rotatable bonds is 7. The van der Waals surface area contributed by atoms with E-state index in [2.05, 4.69) is 15.4 Å². The Hall–Kier alpha value is -4.40. The lowest BCUT2D eigenvalue weighted by atomic mass is 10.0. The minimum absolute atomic E-state index is 0.00643. The summed E-state index contributed by atoms with van der Waals surface area (Å²) in [6.45, 7) is 1.61. The van der Waals surface area contributed by atoms with E-state index in [9.17, 15) is 37.3 Å². The van der Waals surface area contributed by atoms with E-state index in [4.69, 9.17) is 5.73 Å². The van der Waals surface area contributed by atoms with Gasteiger partial charge in [0.25, 0.3) is 5.91 Å². The molecule has 1 aromatic carbocycles. The number of benzene rings is 1. The van der Waals surface area contributed by atoms with Crippen molar-refractivity contribution in [3.05, 3.63) is 69.2 Å². The van der Waals surface area contributed by atoms with Gasteiger partial charge in [-0.15, -0.1) is 11.3 Å². The zero-order valence-electron chi connectivity index (χ0n) is 18.7. The van der Waals surface area contributed by atoms with Crippen LogP contribution >= 0.6 is 11.3 Å². The van der Waals surface area contributed by atoms with Crippen LogP contribution in [-0.4, -0.2) is 31.5 Å². The van der Waals surface area contributed by atoms with E-state index in [1.165, 1.54) is 12.1 Å². The standard InChI is InChI=1S/C22H16F4N6O4S/c1-2-14(31-9-12(8-28-31)32(35)36)20(34)30-17-16-13(10-3-5-11(23)6-4-10)7-15(22(24,25)26)29-21(16)37-18(17)19(27)33/h3-9,14H,2H2,1H3,(H2,27,33)(H,30,34). The summed E-state index contributed by atoms with van der Waals surface area (Å²) in [5.41, 5.74) is 3.77. The number of nitrogens with zero attached hydrogens (tertiary/aromatic N) is 4. The maximum atomic E-state index is 13.6. The van der Waals surface area contributed by atoms with Crippen molar-refractivity contribution in [3.8, 4) is 11.1 Å². The van der Waals surface area contributed by atoms with Crippen LogP contribution in [0.15, 0.2) is 42.7 Å². The average molecular weight is 536 g/mol. The molecule has 3 N–H and O–H groups in total. The Morgan fingerprint density at radius 3 is 2.49 bits per heavy atom. The van der Waals surface area contributed by atoms with Crippen LogP contribution in [0.3, 0.4) is 0 Å². The Morgan fingerprint density at radius 1 is 1.27 bits per heavy atom. The summed E-state index contributed by atoms with van der Waals surface area (Å²) < 4.78 is 55.4. The largest absolute Gasteiger partial charge is 0.433 e. The van der Waals surface area contributed by atoms with Gasteiger partial charge in [-0.2, -0.15) is 18.3 Å². The number of halogens is 4. The molecule has 0 aliphatic heterocycles. The first-order valence-electron chi connectivity index (χ1n) is 10.5. The number of nitrogens with two attached hydrogens (primary N) is 1. The lowest BCUT2D eigenvalue weighted by Crippen LogP contribution is -2.27. The molecule has 3 heterocycles. The molecule has 0 saturated carbocycles. The van der Waals surface area contributed by atoms with E-state index in [0.29, 0.717) is 11.3 Å². The van der Waals surface area contributed by atoms with Gasteiger partial charge in [0.05, 0.1) is 10.6 Å². The number of nitrogens with one attached hydrogen (secondary N) is 1. The van der Waals surface area contributed by atoms with Crippen LogP contribution in [0.5, 0.6) is 0 Å². The number of hydrogen-bond donors (Lipinski definition) is 2. The van der Waals surface area contributed by atoms with Gasteiger partial charge in [-0.3, -0.25) is 24.4 Å². The zero-order chi connectivity index (χ0) is 27.1. The highest BCUT2D eigenvalue weighted by molar-refractivity contribution is 7.21. The number of hydrogen-bond acceptors (Lipinski definition) is 7. The molecule has 0 fully saturated rings. The molecule has 0 aliphatic carbocycles. The molecule has 0 radical (unpaired) electrons. The summed E-state index contributed by atoms with van der Waals surface area (Å²) in [5.74, 6) is -2.41. The van der Waals surface area contributed by atoms with Crippen molar-refractivity contribution >= 4 is 44.7 Å². The maximum Gasteiger partial charge on any atom is 0.433 e. The van der Waals surface area contributed by atoms with Crippen LogP contribution in [-0.2, 0) is 11.0 Å². The third-order valence-electron chi connectivity index (χ3n) is 5.39. The maximum absolute atomic E-state index is 13.6. The Labute approximate surface area is 208 Å². The van der Waals surface area contributed by atoms with Crippen LogP contribution in [0, 0.1) is 15.9 Å². The molecular formula is C22H16F4N6O4S. The van der Waals surface area contributed by atoms with Gasteiger partial charge in [-0.25, -0.2) is 9.37 Å². The van der Waals surface area contributed by atoms with Gasteiger partial charge in [-0.05, 0) is 35.7 Å². The number of primary amides is 1. The van der Waals surface area contributed by atoms with E-state index in [0.717, 1.165) is 35.3 Å². The number of anilines is 1. The van der Waals surface area contributed by atoms with Crippen LogP contribution in [0.2, 0.25) is 0 Å². The van der Waals surface area contributed by atoms with Gasteiger partial charge < -0.3 is 11.1 Å². The third-order valence-corrected chi connectivity index (χ3v) is 6.49. The molecule has 192 valence electrons. The summed E-state index contributed by atoms with van der Waals surface area (Å²) >= 11 is 0.553. The Balaban J connectivity index is 1.90. The second-order valence-electron chi connectivity index (χ2n) is 7.76. The zero-order valence-corrected chi connectivity index (χ0v) is 19.6. The quantitative estimate of drug-likeness (QED) is 0.195. The fraction of sp³-hybridized carbons (Fsp3) is 0.182. The molecule has 0 bridgehead atoms. The fourth-order valence-corrected chi connectivity index (χ4v) is 4.69. The molecule has 10 nitrogen and oxygen atoms in total. The summed E-state index contributed by atoms with van der Waals surface area (Å²) in [5, 5.41) is 17.4. The normalized spacial score (nSPS) is 12.5. The Kier molecular flexibility index (Phi) is 6.64. The fourth-order valence-electron chi connectivity index (χ4n) is 3.69. The molecule has 1 unspecified atom stereocenters. The molecule has 4 aromatic rings. The first-order chi connectivity index (χ1) is 17.4. The number of fused-ring (bicyclic) bond motifs is 1. The van der Waals surface area contributed by atoms with Crippen molar-refractivity contribution in [2.24, 2.45) is 5.73 Å². The summed E-state index contributed by atoms with van der Waals surface area (Å²) in [4.78, 5) is 38.9. The SMILES string of the molecule is CCC(C(=O)Nc1c(C(N)=O)sc2nc(C(F)(F)F)cc(-c3ccc(F)cc3)c12)n1cc([N+](=O)[O-])cn1. The number of thiophene rings is 1. The molecule has 2 amide bonds. The van der Waals surface area contributed by atoms with E-state index in [1.54, 1.807) is 6.92 Å². The molecule has 0 spiro atoms. The second-order valence-corrected chi connectivity index (χ2v) is 8.76. The van der Waals surface area contributed by atoms with E-state index in [1.807, 2.05) is 0 Å². The number of carbonyl (C=O) groups is 2. The number of alkyl halides is 3. The highest BCUT2D eigenvalue weighted by Crippen LogP contribution is 2.44. The predicted octanol–water partition coefficient (Wildman–Crippen LogP) is 4.91. The van der Waals surface area contributed by atoms with Crippen LogP contribution < -0.4 is 11.1 Å². The van der Waals surface area contributed by atoms with Crippen molar-refractivity contribution in [1.29, 1.82) is 0 Å². The summed E-state index contributed by atoms with van der Waals surface area (Å²) in [7, 11) is 0. The number of amides is 2. The third kappa shape index (κ3) is 4.97. The molecule has 15 heteroatoms. The van der Waals surface area contributed by atoms with E-state index >= 15 is 0 Å². The van der Waals surface area contributed by atoms with Gasteiger partial charge in [-0.1, -0.05) is 19.1 Å². The minimum Gasteiger partial charge on any atom is -0.365 e. The minimum atomic E-state index is -4.84. The van der Waals surface area contributed by atoms with Crippen molar-refractivity contribution in [2.75, 3.05) is 5.32 Å². The van der Waals surface area contributed by atoms with E-state index < -0.39 is 40.5 Å². The predicted molar refractivity (Wildman–Crippen MR) is 125 cm³/mol. The Morgan fingerprint density at radius 2 is 1.95 bits per heavy atom. The van der Waals surface area contributed by atoms with Crippen molar-refractivity contribution in [1.82, 2.24) is 14.8 Å². The topological polar surface area (TPSA) is 146 Å². The number of nitro groups is 1. The number of carbonyl (C=O) groups excluding carboxylic acids is 2. The molecule has 3 aromatic heterocycles. The second kappa shape index (κ2) is 9.57. The van der Waals surface area contributed by atoms with Crippen molar-refractivity contribution < 1.29 is 32.1 Å². The molecular weight excluding hydrogens is 520 g/mol. The van der Waals surface area contributed by atoms with Crippen LogP contribution in [0.1, 0.15) is 34.8 Å². The summed E-state index contributed by atoms with van der Waals surface area (Å²) in [6.07, 6.45) is -2.71. The van der Waals surface area contributed by atoms with Crippen molar-refractivity contribution in [2.45, 2.75) is 25.6 Å². The number of aromatic nitrogens is 3. The first-order valence-corrected chi connectivity index (χ1v) is 11.3. The molecule has 37 heavy (non-hydrogen) atoms. The van der Waals surface area contributed by atoms with Crippen LogP contribution in [0.4, 0.5) is 28.9 Å². The van der Waals surface area contributed by atoms with E-state index in [-0.39, 0.29) is 44.0 Å². The van der Waals surface area contributed by atoms with Gasteiger partial charge in [0.1, 0.15) is 39.7 Å². The lowest BCUT2D eigenvalue weighted by Gasteiger charge is -2.16. The van der Waals surface area contributed by atoms with Gasteiger partial charge in [0.15, 0.2) is 0 Å². The molecule has 1 atom stereocenters. The molecule has 0 saturated heterocycles. The highest BCUT2D eigenvalue weighted by Gasteiger charge is 2.35. The Bertz CT molecular complexity index is 1530. The average Bonchev–Trinajstić information content (AvgIpc) is 3.45. The smallest absolute Gasteiger partial charge is 0.365 e. The monoisotopic (exact) mass is 536 g/mol. The highest BCUT2D eigenvalue weighted by atomic mass is 32.1. The number of pyridine rings is 1. The van der Waals surface area contributed by atoms with Crippen molar-refractivity contribution in [3.63, 3.8) is 0 Å². The van der Waals surface area contributed by atoms with Gasteiger partial charge >= 0.3 is 11.9 Å². The molecule has 4 rings (SSSR count). The van der Waals surface area contributed by atoms with Gasteiger partial charge in [0, 0.05) is 5.39 Å². The lowest BCUT2D eigenvalue weighted by molar-refractivity contribution is -0.385. The molecule has 0 aliphatic rings. The first kappa shape index (κ1) is 25.7.